The van der Waals surface area contributed by atoms with Gasteiger partial charge in [0.2, 0.25) is 0 Å². The van der Waals surface area contributed by atoms with Gasteiger partial charge < -0.3 is 4.74 Å². The van der Waals surface area contributed by atoms with Gasteiger partial charge in [-0.3, -0.25) is 0 Å². The van der Waals surface area contributed by atoms with E-state index in [-0.39, 0.29) is 5.82 Å². The lowest BCUT2D eigenvalue weighted by Gasteiger charge is -2.25. The Labute approximate surface area is 97.8 Å². The van der Waals surface area contributed by atoms with E-state index >= 15 is 0 Å². The summed E-state index contributed by atoms with van der Waals surface area (Å²) in [5.41, 5.74) is 0.915. The van der Waals surface area contributed by atoms with Crippen LogP contribution in [0.25, 0.3) is 0 Å². The molecule has 1 aromatic rings. The minimum absolute atomic E-state index is 0.226. The van der Waals surface area contributed by atoms with Gasteiger partial charge in [0, 0.05) is 11.4 Å². The van der Waals surface area contributed by atoms with Crippen molar-refractivity contribution in [3.05, 3.63) is 29.6 Å². The van der Waals surface area contributed by atoms with E-state index in [9.17, 15) is 4.39 Å². The van der Waals surface area contributed by atoms with Crippen molar-refractivity contribution in [2.75, 3.05) is 6.61 Å². The van der Waals surface area contributed by atoms with Gasteiger partial charge in [0.15, 0.2) is 0 Å². The van der Waals surface area contributed by atoms with Gasteiger partial charge in [0.1, 0.15) is 11.6 Å². The molecule has 0 aromatic heterocycles. The Morgan fingerprint density at radius 3 is 2.73 bits per heavy atom. The normalized spacial score (nSPS) is 16.1. The molecule has 2 rings (SSSR count). The minimum Gasteiger partial charge on any atom is -0.493 e. The summed E-state index contributed by atoms with van der Waals surface area (Å²) < 4.78 is 18.7. The van der Waals surface area contributed by atoms with Crippen LogP contribution >= 0.6 is 15.9 Å². The Morgan fingerprint density at radius 2 is 2.13 bits per heavy atom. The van der Waals surface area contributed by atoms with Gasteiger partial charge >= 0.3 is 0 Å². The maximum atomic E-state index is 13.1. The third kappa shape index (κ3) is 2.94. The lowest BCUT2D eigenvalue weighted by Crippen LogP contribution is -2.19. The average Bonchev–Trinajstić information content (AvgIpc) is 2.14. The number of ether oxygens (including phenoxy) is 1. The standard InChI is InChI=1S/C12H14BrFO/c13-7-10-4-11(14)6-12(5-10)15-8-9-2-1-3-9/h4-6,9H,1-3,7-8H2. The van der Waals surface area contributed by atoms with Crippen LogP contribution in [0.3, 0.4) is 0 Å². The number of benzene rings is 1. The highest BCUT2D eigenvalue weighted by Crippen LogP contribution is 2.27. The van der Waals surface area contributed by atoms with Crippen LogP contribution in [0.5, 0.6) is 5.75 Å². The number of hydrogen-bond donors (Lipinski definition) is 0. The molecule has 0 spiro atoms. The Hall–Kier alpha value is -0.570. The van der Waals surface area contributed by atoms with Crippen molar-refractivity contribution < 1.29 is 9.13 Å². The van der Waals surface area contributed by atoms with Crippen LogP contribution in [0.15, 0.2) is 18.2 Å². The molecular weight excluding hydrogens is 259 g/mol. The molecule has 0 radical (unpaired) electrons. The monoisotopic (exact) mass is 272 g/mol. The topological polar surface area (TPSA) is 9.23 Å². The van der Waals surface area contributed by atoms with Crippen molar-refractivity contribution in [2.45, 2.75) is 24.6 Å². The molecular formula is C12H14BrFO. The Bertz CT molecular complexity index is 336. The van der Waals surface area contributed by atoms with Crippen LogP contribution in [0, 0.1) is 11.7 Å². The van der Waals surface area contributed by atoms with Crippen LogP contribution in [0.1, 0.15) is 24.8 Å². The van der Waals surface area contributed by atoms with E-state index < -0.39 is 0 Å². The first-order valence-electron chi connectivity index (χ1n) is 5.26. The summed E-state index contributed by atoms with van der Waals surface area (Å²) in [5, 5.41) is 0.657. The second-order valence-corrected chi connectivity index (χ2v) is 4.60. The smallest absolute Gasteiger partial charge is 0.127 e. The van der Waals surface area contributed by atoms with Crippen molar-refractivity contribution in [1.29, 1.82) is 0 Å². The van der Waals surface area contributed by atoms with Crippen molar-refractivity contribution in [1.82, 2.24) is 0 Å². The average molecular weight is 273 g/mol. The van der Waals surface area contributed by atoms with Gasteiger partial charge in [-0.05, 0) is 36.5 Å². The van der Waals surface area contributed by atoms with Crippen LogP contribution in [-0.4, -0.2) is 6.61 Å². The van der Waals surface area contributed by atoms with E-state index in [0.717, 1.165) is 12.2 Å². The molecule has 0 bridgehead atoms. The van der Waals surface area contributed by atoms with E-state index in [0.29, 0.717) is 17.0 Å². The zero-order valence-corrected chi connectivity index (χ0v) is 10.1. The quantitative estimate of drug-likeness (QED) is 0.756. The van der Waals surface area contributed by atoms with E-state index in [4.69, 9.17) is 4.74 Å². The van der Waals surface area contributed by atoms with Gasteiger partial charge in [-0.15, -0.1) is 0 Å². The summed E-state index contributed by atoms with van der Waals surface area (Å²) in [4.78, 5) is 0. The van der Waals surface area contributed by atoms with Crippen LogP contribution in [0.4, 0.5) is 4.39 Å². The van der Waals surface area contributed by atoms with Gasteiger partial charge in [-0.25, -0.2) is 4.39 Å². The SMILES string of the molecule is Fc1cc(CBr)cc(OCC2CCC2)c1. The minimum atomic E-state index is -0.226. The largest absolute Gasteiger partial charge is 0.493 e. The number of alkyl halides is 1. The molecule has 0 heterocycles. The first-order valence-corrected chi connectivity index (χ1v) is 6.38. The molecule has 0 N–H and O–H groups in total. The molecule has 15 heavy (non-hydrogen) atoms. The molecule has 1 fully saturated rings. The zero-order valence-electron chi connectivity index (χ0n) is 8.51. The summed E-state index contributed by atoms with van der Waals surface area (Å²) in [6.07, 6.45) is 3.81. The van der Waals surface area contributed by atoms with Crippen molar-refractivity contribution in [3.63, 3.8) is 0 Å². The number of rotatable bonds is 4. The third-order valence-corrected chi connectivity index (χ3v) is 3.44. The lowest BCUT2D eigenvalue weighted by atomic mass is 9.86. The van der Waals surface area contributed by atoms with Gasteiger partial charge in [0.05, 0.1) is 6.61 Å². The fourth-order valence-corrected chi connectivity index (χ4v) is 1.98. The fraction of sp³-hybridized carbons (Fsp3) is 0.500. The molecule has 1 aromatic carbocycles. The summed E-state index contributed by atoms with van der Waals surface area (Å²) in [6, 6.07) is 4.85. The van der Waals surface area contributed by atoms with Crippen molar-refractivity contribution in [3.8, 4) is 5.75 Å². The van der Waals surface area contributed by atoms with Gasteiger partial charge in [-0.1, -0.05) is 22.4 Å². The summed E-state index contributed by atoms with van der Waals surface area (Å²) in [5.74, 6) is 1.10. The highest BCUT2D eigenvalue weighted by atomic mass is 79.9. The second-order valence-electron chi connectivity index (χ2n) is 4.04. The van der Waals surface area contributed by atoms with Gasteiger partial charge in [-0.2, -0.15) is 0 Å². The Balaban J connectivity index is 1.96. The second kappa shape index (κ2) is 4.97. The van der Waals surface area contributed by atoms with E-state index in [2.05, 4.69) is 15.9 Å². The zero-order chi connectivity index (χ0) is 10.7. The van der Waals surface area contributed by atoms with Crippen LogP contribution in [-0.2, 0) is 5.33 Å². The lowest BCUT2D eigenvalue weighted by molar-refractivity contribution is 0.180. The molecule has 1 nitrogen and oxygen atoms in total. The molecule has 3 heteroatoms. The predicted octanol–water partition coefficient (Wildman–Crippen LogP) is 3.90. The Kier molecular flexibility index (Phi) is 3.62. The Morgan fingerprint density at radius 1 is 1.33 bits per heavy atom. The van der Waals surface area contributed by atoms with Gasteiger partial charge in [0.25, 0.3) is 0 Å². The molecule has 1 saturated carbocycles. The van der Waals surface area contributed by atoms with Crippen molar-refractivity contribution >= 4 is 15.9 Å². The first-order chi connectivity index (χ1) is 7.28. The fourth-order valence-electron chi connectivity index (χ4n) is 1.65. The maximum Gasteiger partial charge on any atom is 0.127 e. The molecule has 0 saturated heterocycles. The molecule has 1 aliphatic rings. The molecule has 0 amide bonds. The summed E-state index contributed by atoms with van der Waals surface area (Å²) in [6.45, 7) is 0.727. The third-order valence-electron chi connectivity index (χ3n) is 2.80. The summed E-state index contributed by atoms with van der Waals surface area (Å²) >= 11 is 3.31. The number of halogens is 2. The predicted molar refractivity (Wildman–Crippen MR) is 61.9 cm³/mol. The van der Waals surface area contributed by atoms with Crippen LogP contribution in [0.2, 0.25) is 0 Å². The van der Waals surface area contributed by atoms with Crippen molar-refractivity contribution in [2.24, 2.45) is 5.92 Å². The summed E-state index contributed by atoms with van der Waals surface area (Å²) in [7, 11) is 0. The molecule has 1 aliphatic carbocycles. The first kappa shape index (κ1) is 10.9. The maximum absolute atomic E-state index is 13.1. The molecule has 0 atom stereocenters. The highest BCUT2D eigenvalue weighted by molar-refractivity contribution is 9.08. The van der Waals surface area contributed by atoms with E-state index in [1.807, 2.05) is 6.07 Å². The van der Waals surface area contributed by atoms with E-state index in [1.54, 1.807) is 0 Å². The van der Waals surface area contributed by atoms with Crippen LogP contribution < -0.4 is 4.74 Å². The molecule has 0 aliphatic heterocycles. The molecule has 0 unspecified atom stereocenters. The number of hydrogen-bond acceptors (Lipinski definition) is 1. The molecule has 82 valence electrons. The highest BCUT2D eigenvalue weighted by Gasteiger charge is 2.17. The van der Waals surface area contributed by atoms with E-state index in [1.165, 1.54) is 31.4 Å².